The summed E-state index contributed by atoms with van der Waals surface area (Å²) in [6.07, 6.45) is 1.73. The van der Waals surface area contributed by atoms with Crippen molar-refractivity contribution >= 4 is 5.65 Å². The molecule has 0 amide bonds. The zero-order chi connectivity index (χ0) is 21.3. The lowest BCUT2D eigenvalue weighted by Crippen LogP contribution is -2.22. The van der Waals surface area contributed by atoms with E-state index in [2.05, 4.69) is 21.0 Å². The molecule has 1 saturated heterocycles. The van der Waals surface area contributed by atoms with Gasteiger partial charge in [-0.25, -0.2) is 9.50 Å². The highest BCUT2D eigenvalue weighted by molar-refractivity contribution is 5.43. The van der Waals surface area contributed by atoms with E-state index in [1.54, 1.807) is 18.7 Å². The third-order valence-electron chi connectivity index (χ3n) is 6.05. The third-order valence-corrected chi connectivity index (χ3v) is 6.05. The molecule has 7 nitrogen and oxygen atoms in total. The zero-order valence-corrected chi connectivity index (χ0v) is 18.2. The number of fused-ring (bicyclic) bond motifs is 1. The van der Waals surface area contributed by atoms with Crippen LogP contribution in [0.25, 0.3) is 5.65 Å². The maximum absolute atomic E-state index is 12.7. The molecular formula is C23H30N4O3. The molecule has 30 heavy (non-hydrogen) atoms. The second-order valence-electron chi connectivity index (χ2n) is 8.04. The number of likely N-dealkylation sites (tertiary alicyclic amines) is 1. The second kappa shape index (κ2) is 8.62. The van der Waals surface area contributed by atoms with E-state index in [4.69, 9.17) is 9.47 Å². The Morgan fingerprint density at radius 1 is 1.27 bits per heavy atom. The Morgan fingerprint density at radius 2 is 2.10 bits per heavy atom. The first kappa shape index (κ1) is 20.6. The molecule has 1 atom stereocenters. The van der Waals surface area contributed by atoms with E-state index in [1.165, 1.54) is 5.56 Å². The highest BCUT2D eigenvalue weighted by atomic mass is 16.5. The molecule has 4 rings (SSSR count). The quantitative estimate of drug-likeness (QED) is 0.648. The van der Waals surface area contributed by atoms with Crippen molar-refractivity contribution in [3.8, 4) is 5.75 Å². The van der Waals surface area contributed by atoms with Crippen molar-refractivity contribution in [3.63, 3.8) is 0 Å². The summed E-state index contributed by atoms with van der Waals surface area (Å²) in [5.41, 5.74) is 5.71. The number of aromatic nitrogens is 3. The number of ether oxygens (including phenoxy) is 2. The van der Waals surface area contributed by atoms with E-state index in [-0.39, 0.29) is 5.56 Å². The molecule has 1 N–H and O–H groups in total. The highest BCUT2D eigenvalue weighted by Gasteiger charge is 2.26. The van der Waals surface area contributed by atoms with Gasteiger partial charge in [-0.2, -0.15) is 0 Å². The van der Waals surface area contributed by atoms with Crippen LogP contribution < -0.4 is 10.3 Å². The van der Waals surface area contributed by atoms with Crippen LogP contribution in [0.5, 0.6) is 5.75 Å². The molecule has 0 spiro atoms. The lowest BCUT2D eigenvalue weighted by atomic mass is 10.1. The van der Waals surface area contributed by atoms with Gasteiger partial charge in [-0.3, -0.25) is 14.8 Å². The first-order chi connectivity index (χ1) is 14.5. The number of methoxy groups -OCH3 is 2. The van der Waals surface area contributed by atoms with Crippen molar-refractivity contribution in [2.24, 2.45) is 0 Å². The molecule has 1 fully saturated rings. The van der Waals surface area contributed by atoms with E-state index < -0.39 is 0 Å². The van der Waals surface area contributed by atoms with Crippen molar-refractivity contribution in [1.29, 1.82) is 0 Å². The van der Waals surface area contributed by atoms with E-state index in [0.717, 1.165) is 54.3 Å². The molecule has 1 unspecified atom stereocenters. The minimum Gasteiger partial charge on any atom is -0.496 e. The average molecular weight is 411 g/mol. The highest BCUT2D eigenvalue weighted by Crippen LogP contribution is 2.30. The summed E-state index contributed by atoms with van der Waals surface area (Å²) in [4.78, 5) is 19.8. The third kappa shape index (κ3) is 3.87. The van der Waals surface area contributed by atoms with Crippen LogP contribution in [0.2, 0.25) is 0 Å². The monoisotopic (exact) mass is 410 g/mol. The Balaban J connectivity index is 1.53. The van der Waals surface area contributed by atoms with E-state index in [9.17, 15) is 4.79 Å². The lowest BCUT2D eigenvalue weighted by molar-refractivity contribution is 0.184. The van der Waals surface area contributed by atoms with Gasteiger partial charge in [0.25, 0.3) is 5.56 Å². The first-order valence-electron chi connectivity index (χ1n) is 10.5. The topological polar surface area (TPSA) is 71.9 Å². The number of rotatable bonds is 7. The standard InChI is InChI=1S/C23H30N4O3/c1-5-19-15(2)24-22-11-20(25-27(22)23(19)28)17-8-9-26(12-17)13-18-10-16(14-29-3)6-7-21(18)30-4/h6-7,10-11,17,25H,5,8-9,12-14H2,1-4H3. The number of hydrogen-bond donors (Lipinski definition) is 1. The molecule has 0 saturated carbocycles. The molecule has 7 heteroatoms. The lowest BCUT2D eigenvalue weighted by Gasteiger charge is -2.18. The van der Waals surface area contributed by atoms with Gasteiger partial charge in [0.15, 0.2) is 5.65 Å². The SMILES string of the molecule is CCc1c(C)nc2cc(C3CCN(Cc4cc(COC)ccc4OC)C3)[nH]n2c1=O. The number of hydrogen-bond acceptors (Lipinski definition) is 5. The van der Waals surface area contributed by atoms with Gasteiger partial charge >= 0.3 is 0 Å². The van der Waals surface area contributed by atoms with Crippen LogP contribution in [-0.4, -0.2) is 46.8 Å². The summed E-state index contributed by atoms with van der Waals surface area (Å²) >= 11 is 0. The molecule has 3 aromatic rings. The summed E-state index contributed by atoms with van der Waals surface area (Å²) in [6, 6.07) is 8.25. The van der Waals surface area contributed by atoms with Gasteiger partial charge in [-0.15, -0.1) is 0 Å². The summed E-state index contributed by atoms with van der Waals surface area (Å²) in [5.74, 6) is 1.26. The van der Waals surface area contributed by atoms with Crippen LogP contribution in [0, 0.1) is 6.92 Å². The fourth-order valence-corrected chi connectivity index (χ4v) is 4.49. The van der Waals surface area contributed by atoms with Gasteiger partial charge < -0.3 is 9.47 Å². The Bertz CT molecular complexity index is 1100. The summed E-state index contributed by atoms with van der Waals surface area (Å²) in [6.45, 7) is 7.25. The average Bonchev–Trinajstić information content (AvgIpc) is 3.36. The van der Waals surface area contributed by atoms with Crippen molar-refractivity contribution in [2.75, 3.05) is 27.3 Å². The van der Waals surface area contributed by atoms with Crippen LogP contribution in [0.15, 0.2) is 29.1 Å². The van der Waals surface area contributed by atoms with Crippen molar-refractivity contribution in [1.82, 2.24) is 19.5 Å². The summed E-state index contributed by atoms with van der Waals surface area (Å²) in [5, 5.41) is 3.31. The number of nitrogens with zero attached hydrogens (tertiary/aromatic N) is 3. The smallest absolute Gasteiger partial charge is 0.276 e. The molecule has 0 bridgehead atoms. The maximum Gasteiger partial charge on any atom is 0.276 e. The van der Waals surface area contributed by atoms with Crippen molar-refractivity contribution < 1.29 is 9.47 Å². The molecular weight excluding hydrogens is 380 g/mol. The number of aromatic amines is 1. The molecule has 1 aliphatic rings. The maximum atomic E-state index is 12.7. The second-order valence-corrected chi connectivity index (χ2v) is 8.04. The molecule has 2 aromatic heterocycles. The summed E-state index contributed by atoms with van der Waals surface area (Å²) in [7, 11) is 3.42. The Morgan fingerprint density at radius 3 is 2.83 bits per heavy atom. The molecule has 160 valence electrons. The van der Waals surface area contributed by atoms with E-state index in [0.29, 0.717) is 24.6 Å². The van der Waals surface area contributed by atoms with Gasteiger partial charge in [-0.05, 0) is 44.0 Å². The van der Waals surface area contributed by atoms with Gasteiger partial charge in [0, 0.05) is 54.7 Å². The van der Waals surface area contributed by atoms with Crippen molar-refractivity contribution in [2.45, 2.75) is 45.8 Å². The molecule has 0 radical (unpaired) electrons. The molecule has 1 aromatic carbocycles. The fraction of sp³-hybridized carbons (Fsp3) is 0.478. The predicted octanol–water partition coefficient (Wildman–Crippen LogP) is 3.04. The van der Waals surface area contributed by atoms with Gasteiger partial charge in [0.05, 0.1) is 13.7 Å². The van der Waals surface area contributed by atoms with Crippen molar-refractivity contribution in [3.05, 3.63) is 62.7 Å². The largest absolute Gasteiger partial charge is 0.496 e. The van der Waals surface area contributed by atoms with Gasteiger partial charge in [0.2, 0.25) is 0 Å². The zero-order valence-electron chi connectivity index (χ0n) is 18.2. The van der Waals surface area contributed by atoms with Gasteiger partial charge in [0.1, 0.15) is 5.75 Å². The number of H-pyrrole nitrogens is 1. The van der Waals surface area contributed by atoms with Gasteiger partial charge in [-0.1, -0.05) is 13.0 Å². The van der Waals surface area contributed by atoms with Crippen LogP contribution in [-0.2, 0) is 24.3 Å². The molecule has 1 aliphatic heterocycles. The number of nitrogens with one attached hydrogen (secondary N) is 1. The van der Waals surface area contributed by atoms with Crippen LogP contribution in [0.4, 0.5) is 0 Å². The van der Waals surface area contributed by atoms with Crippen LogP contribution in [0.1, 0.15) is 47.3 Å². The predicted molar refractivity (Wildman–Crippen MR) is 116 cm³/mol. The normalized spacial score (nSPS) is 17.1. The minimum absolute atomic E-state index is 0.0146. The fourth-order valence-electron chi connectivity index (χ4n) is 4.49. The van der Waals surface area contributed by atoms with E-state index in [1.807, 2.05) is 32.0 Å². The van der Waals surface area contributed by atoms with E-state index >= 15 is 0 Å². The molecule has 3 heterocycles. The van der Waals surface area contributed by atoms with Crippen LogP contribution in [0.3, 0.4) is 0 Å². The number of aryl methyl sites for hydroxylation is 1. The minimum atomic E-state index is 0.0146. The Labute approximate surface area is 176 Å². The number of benzene rings is 1. The Kier molecular flexibility index (Phi) is 5.92. The first-order valence-corrected chi connectivity index (χ1v) is 10.5. The summed E-state index contributed by atoms with van der Waals surface area (Å²) < 4.78 is 12.4. The molecule has 0 aliphatic carbocycles. The van der Waals surface area contributed by atoms with Crippen LogP contribution >= 0.6 is 0 Å². The Hall–Kier alpha value is -2.64.